The third kappa shape index (κ3) is 7.23. The Kier molecular flexibility index (Phi) is 9.30. The molecule has 1 amide bonds. The fraction of sp³-hybridized carbons (Fsp3) is 0.609. The molecule has 3 heteroatoms. The lowest BCUT2D eigenvalue weighted by Gasteiger charge is -2.29. The second kappa shape index (κ2) is 11.8. The summed E-state index contributed by atoms with van der Waals surface area (Å²) in [5.41, 5.74) is 1.45. The Labute approximate surface area is 159 Å². The zero-order valence-corrected chi connectivity index (χ0v) is 16.5. The molecule has 26 heavy (non-hydrogen) atoms. The summed E-state index contributed by atoms with van der Waals surface area (Å²) in [6, 6.07) is 8.57. The van der Waals surface area contributed by atoms with Gasteiger partial charge in [-0.1, -0.05) is 50.8 Å². The van der Waals surface area contributed by atoms with Gasteiger partial charge in [-0.3, -0.25) is 4.79 Å². The summed E-state index contributed by atoms with van der Waals surface area (Å²) in [5, 5.41) is 2.79. The number of rotatable bonds is 10. The van der Waals surface area contributed by atoms with Crippen molar-refractivity contribution in [1.29, 1.82) is 0 Å². The lowest BCUT2D eigenvalue weighted by Crippen LogP contribution is -2.26. The Hall–Kier alpha value is -1.77. The number of amides is 1. The average Bonchev–Trinajstić information content (AvgIpc) is 2.67. The van der Waals surface area contributed by atoms with E-state index in [1.165, 1.54) is 63.0 Å². The number of ether oxygens (including phenoxy) is 1. The van der Waals surface area contributed by atoms with Gasteiger partial charge in [0.1, 0.15) is 12.4 Å². The van der Waals surface area contributed by atoms with E-state index in [1.807, 2.05) is 6.92 Å². The van der Waals surface area contributed by atoms with Crippen molar-refractivity contribution in [2.75, 3.05) is 13.2 Å². The molecule has 0 radical (unpaired) electrons. The fourth-order valence-corrected chi connectivity index (χ4v) is 3.86. The molecule has 1 aromatic carbocycles. The molecule has 1 aromatic rings. The second-order valence-corrected chi connectivity index (χ2v) is 7.42. The van der Waals surface area contributed by atoms with Gasteiger partial charge in [-0.15, -0.1) is 0 Å². The molecule has 0 aliphatic heterocycles. The van der Waals surface area contributed by atoms with Crippen molar-refractivity contribution in [1.82, 2.24) is 5.32 Å². The van der Waals surface area contributed by atoms with Gasteiger partial charge in [-0.2, -0.15) is 0 Å². The van der Waals surface area contributed by atoms with Crippen molar-refractivity contribution in [3.8, 4) is 5.75 Å². The summed E-state index contributed by atoms with van der Waals surface area (Å²) in [6.45, 7) is 5.12. The first-order valence-corrected chi connectivity index (χ1v) is 10.4. The van der Waals surface area contributed by atoms with Gasteiger partial charge in [-0.25, -0.2) is 0 Å². The Balaban J connectivity index is 1.68. The highest BCUT2D eigenvalue weighted by Gasteiger charge is 2.21. The van der Waals surface area contributed by atoms with Crippen LogP contribution in [0.1, 0.15) is 76.7 Å². The third-order valence-electron chi connectivity index (χ3n) is 5.40. The topological polar surface area (TPSA) is 38.3 Å². The number of carbonyl (C=O) groups is 1. The monoisotopic (exact) mass is 357 g/mol. The number of hydrogen-bond donors (Lipinski definition) is 1. The zero-order chi connectivity index (χ0) is 18.6. The highest BCUT2D eigenvalue weighted by Crippen LogP contribution is 2.38. The van der Waals surface area contributed by atoms with Crippen LogP contribution >= 0.6 is 0 Å². The maximum absolute atomic E-state index is 11.3. The predicted molar refractivity (Wildman–Crippen MR) is 109 cm³/mol. The zero-order valence-electron chi connectivity index (χ0n) is 16.5. The summed E-state index contributed by atoms with van der Waals surface area (Å²) >= 11 is 0. The Bertz CT molecular complexity index is 542. The highest BCUT2D eigenvalue weighted by atomic mass is 16.5. The molecule has 144 valence electrons. The molecular formula is C23H35NO2. The van der Waals surface area contributed by atoms with E-state index < -0.39 is 0 Å². The van der Waals surface area contributed by atoms with Crippen LogP contribution in [-0.4, -0.2) is 19.1 Å². The molecule has 1 aliphatic rings. The SMILES string of the molecule is C/C=C/C(=O)NCCOc1ccc(C2CCC(CCCCC)CC2)cc1. The first-order chi connectivity index (χ1) is 12.7. The van der Waals surface area contributed by atoms with E-state index in [-0.39, 0.29) is 5.91 Å². The molecule has 0 aromatic heterocycles. The molecule has 1 aliphatic carbocycles. The van der Waals surface area contributed by atoms with Crippen LogP contribution in [0.25, 0.3) is 0 Å². The minimum absolute atomic E-state index is 0.0725. The minimum Gasteiger partial charge on any atom is -0.492 e. The van der Waals surface area contributed by atoms with Crippen LogP contribution in [0, 0.1) is 5.92 Å². The van der Waals surface area contributed by atoms with Gasteiger partial charge in [0.15, 0.2) is 0 Å². The Morgan fingerprint density at radius 3 is 2.54 bits per heavy atom. The van der Waals surface area contributed by atoms with Gasteiger partial charge in [0, 0.05) is 0 Å². The molecule has 3 nitrogen and oxygen atoms in total. The lowest BCUT2D eigenvalue weighted by atomic mass is 9.77. The normalized spacial score (nSPS) is 20.2. The van der Waals surface area contributed by atoms with Crippen LogP contribution in [0.5, 0.6) is 5.75 Å². The second-order valence-electron chi connectivity index (χ2n) is 7.42. The standard InChI is InChI=1S/C23H35NO2/c1-3-5-6-8-19-9-11-20(12-10-19)21-13-15-22(16-14-21)26-18-17-24-23(25)7-4-2/h4,7,13-16,19-20H,3,5-6,8-12,17-18H2,1-2H3,(H,24,25)/b7-4+. The molecule has 1 saturated carbocycles. The molecular weight excluding hydrogens is 322 g/mol. The van der Waals surface area contributed by atoms with Gasteiger partial charge in [0.2, 0.25) is 5.91 Å². The molecule has 1 fully saturated rings. The van der Waals surface area contributed by atoms with E-state index in [0.29, 0.717) is 19.1 Å². The van der Waals surface area contributed by atoms with Crippen LogP contribution in [0.15, 0.2) is 36.4 Å². The first kappa shape index (κ1) is 20.5. The highest BCUT2D eigenvalue weighted by molar-refractivity contribution is 5.87. The molecule has 0 bridgehead atoms. The maximum atomic E-state index is 11.3. The Morgan fingerprint density at radius 1 is 1.15 bits per heavy atom. The van der Waals surface area contributed by atoms with Crippen molar-refractivity contribution < 1.29 is 9.53 Å². The predicted octanol–water partition coefficient (Wildman–Crippen LogP) is 5.61. The van der Waals surface area contributed by atoms with E-state index in [9.17, 15) is 4.79 Å². The van der Waals surface area contributed by atoms with E-state index in [0.717, 1.165) is 11.7 Å². The van der Waals surface area contributed by atoms with Gasteiger partial charge in [0.05, 0.1) is 6.54 Å². The maximum Gasteiger partial charge on any atom is 0.243 e. The van der Waals surface area contributed by atoms with Crippen LogP contribution in [0.4, 0.5) is 0 Å². The molecule has 0 spiro atoms. The van der Waals surface area contributed by atoms with Crippen molar-refractivity contribution in [3.63, 3.8) is 0 Å². The van der Waals surface area contributed by atoms with Crippen molar-refractivity contribution >= 4 is 5.91 Å². The van der Waals surface area contributed by atoms with E-state index >= 15 is 0 Å². The fourth-order valence-electron chi connectivity index (χ4n) is 3.86. The Morgan fingerprint density at radius 2 is 1.88 bits per heavy atom. The summed E-state index contributed by atoms with van der Waals surface area (Å²) in [5.74, 6) is 2.48. The van der Waals surface area contributed by atoms with Crippen molar-refractivity contribution in [2.45, 2.75) is 71.1 Å². The number of carbonyl (C=O) groups excluding carboxylic acids is 1. The number of allylic oxidation sites excluding steroid dienone is 1. The molecule has 0 unspecified atom stereocenters. The van der Waals surface area contributed by atoms with Crippen molar-refractivity contribution in [3.05, 3.63) is 42.0 Å². The summed E-state index contributed by atoms with van der Waals surface area (Å²) in [4.78, 5) is 11.3. The molecule has 0 saturated heterocycles. The van der Waals surface area contributed by atoms with Crippen molar-refractivity contribution in [2.24, 2.45) is 5.92 Å². The van der Waals surface area contributed by atoms with E-state index in [1.54, 1.807) is 6.08 Å². The van der Waals surface area contributed by atoms with Crippen LogP contribution < -0.4 is 10.1 Å². The number of nitrogens with one attached hydrogen (secondary N) is 1. The van der Waals surface area contributed by atoms with E-state index in [4.69, 9.17) is 4.74 Å². The molecule has 1 N–H and O–H groups in total. The van der Waals surface area contributed by atoms with Gasteiger partial charge < -0.3 is 10.1 Å². The third-order valence-corrected chi connectivity index (χ3v) is 5.40. The van der Waals surface area contributed by atoms with Crippen LogP contribution in [0.2, 0.25) is 0 Å². The lowest BCUT2D eigenvalue weighted by molar-refractivity contribution is -0.116. The number of benzene rings is 1. The van der Waals surface area contributed by atoms with Gasteiger partial charge >= 0.3 is 0 Å². The first-order valence-electron chi connectivity index (χ1n) is 10.4. The van der Waals surface area contributed by atoms with Gasteiger partial charge in [-0.05, 0) is 68.2 Å². The van der Waals surface area contributed by atoms with Crippen LogP contribution in [0.3, 0.4) is 0 Å². The number of hydrogen-bond acceptors (Lipinski definition) is 2. The summed E-state index contributed by atoms with van der Waals surface area (Å²) < 4.78 is 5.71. The molecule has 2 rings (SSSR count). The molecule has 0 atom stereocenters. The number of unbranched alkanes of at least 4 members (excludes halogenated alkanes) is 2. The summed E-state index contributed by atoms with van der Waals surface area (Å²) in [7, 11) is 0. The minimum atomic E-state index is -0.0725. The molecule has 0 heterocycles. The van der Waals surface area contributed by atoms with Gasteiger partial charge in [0.25, 0.3) is 0 Å². The largest absolute Gasteiger partial charge is 0.492 e. The summed E-state index contributed by atoms with van der Waals surface area (Å²) in [6.07, 6.45) is 14.2. The van der Waals surface area contributed by atoms with E-state index in [2.05, 4.69) is 36.5 Å². The quantitative estimate of drug-likeness (QED) is 0.436. The average molecular weight is 358 g/mol. The van der Waals surface area contributed by atoms with Crippen LogP contribution in [-0.2, 0) is 4.79 Å². The smallest absolute Gasteiger partial charge is 0.243 e.